The molecule has 11 heteroatoms. The fourth-order valence-electron chi connectivity index (χ4n) is 1.87. The van der Waals surface area contributed by atoms with Crippen molar-refractivity contribution < 1.29 is 17.8 Å². The number of anilines is 2. The van der Waals surface area contributed by atoms with E-state index in [9.17, 15) is 18.5 Å². The molecule has 0 aliphatic carbocycles. The molecule has 3 aromatic rings. The molecular weight excluding hydrogens is 356 g/mol. The number of hydrogen-bond donors (Lipinski definition) is 2. The fraction of sp³-hybridized carbons (Fsp3) is 0. The van der Waals surface area contributed by atoms with Gasteiger partial charge in [0.05, 0.1) is 4.92 Å². The van der Waals surface area contributed by atoms with Crippen LogP contribution in [-0.2, 0) is 10.0 Å². The highest BCUT2D eigenvalue weighted by Crippen LogP contribution is 2.27. The summed E-state index contributed by atoms with van der Waals surface area (Å²) in [6, 6.07) is 6.83. The maximum absolute atomic E-state index is 12.2. The Morgan fingerprint density at radius 3 is 2.79 bits per heavy atom. The standard InChI is InChI=1S/C13H10N4O5S2/c14-9-5-12(23-7-9)24(20,21)16-13-15-11(6-22-13)8-2-1-3-10(4-8)17(18)19/h1-7H,14H2,(H,15,16). The molecule has 3 rings (SSSR count). The van der Waals surface area contributed by atoms with Crippen LogP contribution in [0.3, 0.4) is 0 Å². The highest BCUT2D eigenvalue weighted by Gasteiger charge is 2.20. The van der Waals surface area contributed by atoms with Gasteiger partial charge in [0, 0.05) is 28.8 Å². The third kappa shape index (κ3) is 3.21. The van der Waals surface area contributed by atoms with Gasteiger partial charge >= 0.3 is 6.01 Å². The van der Waals surface area contributed by atoms with E-state index in [2.05, 4.69) is 9.71 Å². The third-order valence-electron chi connectivity index (χ3n) is 2.94. The van der Waals surface area contributed by atoms with E-state index < -0.39 is 14.9 Å². The van der Waals surface area contributed by atoms with Gasteiger partial charge in [0.15, 0.2) is 0 Å². The zero-order valence-corrected chi connectivity index (χ0v) is 13.5. The number of thiophene rings is 1. The first-order chi connectivity index (χ1) is 11.3. The van der Waals surface area contributed by atoms with E-state index in [1.54, 1.807) is 6.07 Å². The molecule has 3 N–H and O–H groups in total. The zero-order chi connectivity index (χ0) is 17.3. The summed E-state index contributed by atoms with van der Waals surface area (Å²) in [4.78, 5) is 14.3. The fourth-order valence-corrected chi connectivity index (χ4v) is 3.88. The predicted octanol–water partition coefficient (Wildman–Crippen LogP) is 2.69. The summed E-state index contributed by atoms with van der Waals surface area (Å²) in [7, 11) is -3.86. The number of nitrogen functional groups attached to an aromatic ring is 1. The molecule has 0 fully saturated rings. The van der Waals surface area contributed by atoms with Gasteiger partial charge in [0.2, 0.25) is 0 Å². The van der Waals surface area contributed by atoms with Gasteiger partial charge in [0.1, 0.15) is 16.2 Å². The first-order valence-electron chi connectivity index (χ1n) is 6.42. The molecule has 0 radical (unpaired) electrons. The van der Waals surface area contributed by atoms with Crippen molar-refractivity contribution in [2.45, 2.75) is 4.21 Å². The van der Waals surface area contributed by atoms with E-state index in [1.807, 2.05) is 0 Å². The number of nitrogens with zero attached hydrogens (tertiary/aromatic N) is 2. The monoisotopic (exact) mass is 366 g/mol. The third-order valence-corrected chi connectivity index (χ3v) is 5.72. The summed E-state index contributed by atoms with van der Waals surface area (Å²) in [6.07, 6.45) is 1.21. The van der Waals surface area contributed by atoms with Crippen LogP contribution < -0.4 is 10.5 Å². The van der Waals surface area contributed by atoms with Gasteiger partial charge in [0.25, 0.3) is 15.7 Å². The Hall–Kier alpha value is -2.92. The number of rotatable bonds is 5. The lowest BCUT2D eigenvalue weighted by Gasteiger charge is -2.00. The topological polar surface area (TPSA) is 141 Å². The second-order valence-corrected chi connectivity index (χ2v) is 7.47. The van der Waals surface area contributed by atoms with Crippen LogP contribution in [0.5, 0.6) is 0 Å². The molecule has 124 valence electrons. The molecule has 0 aliphatic heterocycles. The molecule has 0 unspecified atom stereocenters. The van der Waals surface area contributed by atoms with Crippen molar-refractivity contribution in [1.29, 1.82) is 0 Å². The molecule has 0 spiro atoms. The van der Waals surface area contributed by atoms with Gasteiger partial charge in [-0.05, 0) is 6.07 Å². The molecule has 1 aromatic carbocycles. The number of sulfonamides is 1. The summed E-state index contributed by atoms with van der Waals surface area (Å²) in [5, 5.41) is 12.3. The van der Waals surface area contributed by atoms with E-state index >= 15 is 0 Å². The zero-order valence-electron chi connectivity index (χ0n) is 11.9. The Labute approximate surface area is 140 Å². The average Bonchev–Trinajstić information content (AvgIpc) is 3.16. The first-order valence-corrected chi connectivity index (χ1v) is 8.78. The highest BCUT2D eigenvalue weighted by molar-refractivity contribution is 7.94. The van der Waals surface area contributed by atoms with Gasteiger partial charge in [-0.25, -0.2) is 13.1 Å². The Kier molecular flexibility index (Phi) is 3.95. The van der Waals surface area contributed by atoms with Crippen molar-refractivity contribution in [2.24, 2.45) is 0 Å². The number of benzene rings is 1. The van der Waals surface area contributed by atoms with E-state index in [-0.39, 0.29) is 21.6 Å². The molecule has 24 heavy (non-hydrogen) atoms. The number of oxazole rings is 1. The van der Waals surface area contributed by atoms with Gasteiger partial charge < -0.3 is 10.2 Å². The summed E-state index contributed by atoms with van der Waals surface area (Å²) in [6.45, 7) is 0. The summed E-state index contributed by atoms with van der Waals surface area (Å²) in [5.41, 5.74) is 6.44. The van der Waals surface area contributed by atoms with Crippen LogP contribution in [0.1, 0.15) is 0 Å². The minimum absolute atomic E-state index is 0.0232. The molecule has 9 nitrogen and oxygen atoms in total. The Morgan fingerprint density at radius 2 is 2.12 bits per heavy atom. The average molecular weight is 366 g/mol. The van der Waals surface area contributed by atoms with Crippen LogP contribution in [0.15, 0.2) is 50.6 Å². The smallest absolute Gasteiger partial charge is 0.309 e. The summed E-state index contributed by atoms with van der Waals surface area (Å²) in [5.74, 6) is 0. The van der Waals surface area contributed by atoms with Crippen molar-refractivity contribution in [1.82, 2.24) is 4.98 Å². The lowest BCUT2D eigenvalue weighted by atomic mass is 10.1. The molecule has 2 aromatic heterocycles. The first kappa shape index (κ1) is 16.0. The van der Waals surface area contributed by atoms with Gasteiger partial charge in [-0.1, -0.05) is 12.1 Å². The second kappa shape index (κ2) is 5.94. The normalized spacial score (nSPS) is 11.3. The molecule has 0 aliphatic rings. The molecule has 0 atom stereocenters. The molecule has 2 heterocycles. The SMILES string of the molecule is Nc1csc(S(=O)(=O)Nc2nc(-c3cccc([N+](=O)[O-])c3)co2)c1. The van der Waals surface area contributed by atoms with Crippen molar-refractivity contribution in [3.8, 4) is 11.3 Å². The van der Waals surface area contributed by atoms with E-state index in [0.29, 0.717) is 11.3 Å². The number of non-ortho nitro benzene ring substituents is 1. The van der Waals surface area contributed by atoms with Gasteiger partial charge in [-0.15, -0.1) is 11.3 Å². The maximum atomic E-state index is 12.2. The number of nitro groups is 1. The van der Waals surface area contributed by atoms with Crippen LogP contribution in [0.4, 0.5) is 17.4 Å². The highest BCUT2D eigenvalue weighted by atomic mass is 32.2. The van der Waals surface area contributed by atoms with Crippen LogP contribution in [0, 0.1) is 10.1 Å². The largest absolute Gasteiger partial charge is 0.431 e. The Bertz CT molecular complexity index is 1010. The van der Waals surface area contributed by atoms with Crippen molar-refractivity contribution in [2.75, 3.05) is 10.5 Å². The van der Waals surface area contributed by atoms with Crippen LogP contribution in [0.25, 0.3) is 11.3 Å². The van der Waals surface area contributed by atoms with Crippen molar-refractivity contribution >= 4 is 38.7 Å². The predicted molar refractivity (Wildman–Crippen MR) is 88.1 cm³/mol. The molecule has 0 saturated heterocycles. The second-order valence-electron chi connectivity index (χ2n) is 4.65. The Balaban J connectivity index is 1.86. The minimum atomic E-state index is -3.86. The summed E-state index contributed by atoms with van der Waals surface area (Å²) >= 11 is 0.964. The number of nitrogens with two attached hydrogens (primary N) is 1. The lowest BCUT2D eigenvalue weighted by Crippen LogP contribution is -2.11. The van der Waals surface area contributed by atoms with Gasteiger partial charge in [-0.2, -0.15) is 4.98 Å². The van der Waals surface area contributed by atoms with Crippen LogP contribution in [-0.4, -0.2) is 18.3 Å². The minimum Gasteiger partial charge on any atom is -0.431 e. The maximum Gasteiger partial charge on any atom is 0.309 e. The van der Waals surface area contributed by atoms with E-state index in [1.165, 1.54) is 35.9 Å². The van der Waals surface area contributed by atoms with Crippen LogP contribution in [0.2, 0.25) is 0 Å². The Morgan fingerprint density at radius 1 is 1.33 bits per heavy atom. The van der Waals surface area contributed by atoms with Crippen molar-refractivity contribution in [3.05, 3.63) is 52.1 Å². The van der Waals surface area contributed by atoms with Crippen molar-refractivity contribution in [3.63, 3.8) is 0 Å². The van der Waals surface area contributed by atoms with Crippen LogP contribution >= 0.6 is 11.3 Å². The summed E-state index contributed by atoms with van der Waals surface area (Å²) < 4.78 is 31.6. The molecule has 0 amide bonds. The number of nitrogens with one attached hydrogen (secondary N) is 1. The van der Waals surface area contributed by atoms with E-state index in [4.69, 9.17) is 10.2 Å². The number of aromatic nitrogens is 1. The van der Waals surface area contributed by atoms with E-state index in [0.717, 1.165) is 11.3 Å². The number of nitro benzene ring substituents is 1. The molecule has 0 bridgehead atoms. The molecular formula is C13H10N4O5S2. The quantitative estimate of drug-likeness (QED) is 0.522. The lowest BCUT2D eigenvalue weighted by molar-refractivity contribution is -0.384. The molecule has 0 saturated carbocycles. The number of hydrogen-bond acceptors (Lipinski definition) is 8. The van der Waals surface area contributed by atoms with Gasteiger partial charge in [-0.3, -0.25) is 10.1 Å².